The Bertz CT molecular complexity index is 1110. The van der Waals surface area contributed by atoms with Crippen molar-refractivity contribution in [2.45, 2.75) is 25.7 Å². The van der Waals surface area contributed by atoms with Gasteiger partial charge in [0.15, 0.2) is 0 Å². The van der Waals surface area contributed by atoms with Crippen LogP contribution in [-0.4, -0.2) is 38.9 Å². The summed E-state index contributed by atoms with van der Waals surface area (Å²) in [6, 6.07) is 14.8. The van der Waals surface area contributed by atoms with E-state index in [-0.39, 0.29) is 18.0 Å². The first-order chi connectivity index (χ1) is 14.3. The molecule has 0 radical (unpaired) electrons. The van der Waals surface area contributed by atoms with Crippen LogP contribution in [0.15, 0.2) is 53.4 Å². The van der Waals surface area contributed by atoms with E-state index in [1.54, 1.807) is 18.2 Å². The summed E-state index contributed by atoms with van der Waals surface area (Å²) in [7, 11) is -2.28. The normalized spacial score (nSPS) is 11.3. The molecule has 0 aliphatic heterocycles. The van der Waals surface area contributed by atoms with Gasteiger partial charge in [0.05, 0.1) is 12.8 Å². The van der Waals surface area contributed by atoms with Crippen molar-refractivity contribution >= 4 is 10.0 Å². The molecule has 0 saturated heterocycles. The van der Waals surface area contributed by atoms with Gasteiger partial charge in [0.25, 0.3) is 0 Å². The lowest BCUT2D eigenvalue weighted by Gasteiger charge is -2.13. The molecular formula is C22H25N3O4S. The molecular weight excluding hydrogens is 402 g/mol. The van der Waals surface area contributed by atoms with Crippen LogP contribution < -0.4 is 14.2 Å². The molecule has 1 N–H and O–H groups in total. The summed E-state index contributed by atoms with van der Waals surface area (Å²) < 4.78 is 38.5. The quantitative estimate of drug-likeness (QED) is 0.554. The number of hydrogen-bond donors (Lipinski definition) is 1. The molecule has 158 valence electrons. The molecule has 3 rings (SSSR count). The smallest absolute Gasteiger partial charge is 0.244 e. The summed E-state index contributed by atoms with van der Waals surface area (Å²) in [6.07, 6.45) is 0. The van der Waals surface area contributed by atoms with Crippen molar-refractivity contribution in [1.82, 2.24) is 14.9 Å². The van der Waals surface area contributed by atoms with E-state index in [4.69, 9.17) is 9.47 Å². The zero-order chi connectivity index (χ0) is 21.7. The van der Waals surface area contributed by atoms with Gasteiger partial charge in [-0.1, -0.05) is 29.8 Å². The Labute approximate surface area is 177 Å². The van der Waals surface area contributed by atoms with Gasteiger partial charge in [-0.3, -0.25) is 0 Å². The monoisotopic (exact) mass is 427 g/mol. The summed E-state index contributed by atoms with van der Waals surface area (Å²) in [4.78, 5) is 0.107. The topological polar surface area (TPSA) is 90.4 Å². The lowest BCUT2D eigenvalue weighted by Crippen LogP contribution is -2.28. The van der Waals surface area contributed by atoms with Crippen molar-refractivity contribution in [3.63, 3.8) is 0 Å². The number of methoxy groups -OCH3 is 1. The SMILES string of the molecule is COc1cc(C)c(C)cc1S(=O)(=O)NCCOc1ccc(-c2ccc(C)cc2)nn1. The molecule has 1 aromatic heterocycles. The molecule has 7 nitrogen and oxygen atoms in total. The highest BCUT2D eigenvalue weighted by molar-refractivity contribution is 7.89. The van der Waals surface area contributed by atoms with E-state index in [0.717, 1.165) is 22.4 Å². The first-order valence-electron chi connectivity index (χ1n) is 9.48. The lowest BCUT2D eigenvalue weighted by atomic mass is 10.1. The number of aromatic nitrogens is 2. The van der Waals surface area contributed by atoms with Crippen LogP contribution in [0.4, 0.5) is 0 Å². The third-order valence-corrected chi connectivity index (χ3v) is 6.18. The maximum absolute atomic E-state index is 12.6. The average molecular weight is 428 g/mol. The van der Waals surface area contributed by atoms with Crippen LogP contribution in [0.1, 0.15) is 16.7 Å². The highest BCUT2D eigenvalue weighted by Crippen LogP contribution is 2.27. The van der Waals surface area contributed by atoms with Gasteiger partial charge in [0.1, 0.15) is 17.3 Å². The predicted octanol–water partition coefficient (Wildman–Crippen LogP) is 3.43. The number of nitrogens with zero attached hydrogens (tertiary/aromatic N) is 2. The maximum atomic E-state index is 12.6. The Morgan fingerprint density at radius 2 is 1.63 bits per heavy atom. The largest absolute Gasteiger partial charge is 0.495 e. The van der Waals surface area contributed by atoms with Crippen LogP contribution in [0.3, 0.4) is 0 Å². The Kier molecular flexibility index (Phi) is 6.69. The molecule has 0 saturated carbocycles. The minimum atomic E-state index is -3.73. The second-order valence-electron chi connectivity index (χ2n) is 6.96. The van der Waals surface area contributed by atoms with Crippen molar-refractivity contribution in [3.05, 3.63) is 65.2 Å². The van der Waals surface area contributed by atoms with E-state index < -0.39 is 10.0 Å². The molecule has 0 aliphatic carbocycles. The fraction of sp³-hybridized carbons (Fsp3) is 0.273. The Morgan fingerprint density at radius 1 is 0.933 bits per heavy atom. The van der Waals surface area contributed by atoms with E-state index in [1.165, 1.54) is 12.7 Å². The van der Waals surface area contributed by atoms with Gasteiger partial charge in [-0.2, -0.15) is 0 Å². The molecule has 8 heteroatoms. The first-order valence-corrected chi connectivity index (χ1v) is 11.0. The Hall–Kier alpha value is -2.97. The molecule has 0 bridgehead atoms. The van der Waals surface area contributed by atoms with Crippen LogP contribution >= 0.6 is 0 Å². The summed E-state index contributed by atoms with van der Waals surface area (Å²) >= 11 is 0. The summed E-state index contributed by atoms with van der Waals surface area (Å²) in [5, 5.41) is 8.21. The maximum Gasteiger partial charge on any atom is 0.244 e. The van der Waals surface area contributed by atoms with E-state index >= 15 is 0 Å². The van der Waals surface area contributed by atoms with Crippen molar-refractivity contribution in [2.75, 3.05) is 20.3 Å². The van der Waals surface area contributed by atoms with Crippen molar-refractivity contribution in [3.8, 4) is 22.9 Å². The molecule has 30 heavy (non-hydrogen) atoms. The lowest BCUT2D eigenvalue weighted by molar-refractivity contribution is 0.307. The van der Waals surface area contributed by atoms with Gasteiger partial charge in [0.2, 0.25) is 15.9 Å². The zero-order valence-corrected chi connectivity index (χ0v) is 18.3. The first kappa shape index (κ1) is 21.7. The minimum absolute atomic E-state index is 0.0831. The van der Waals surface area contributed by atoms with E-state index in [1.807, 2.05) is 51.1 Å². The molecule has 0 aliphatic rings. The number of aryl methyl sites for hydroxylation is 3. The molecule has 0 unspecified atom stereocenters. The van der Waals surface area contributed by atoms with Gasteiger partial charge < -0.3 is 9.47 Å². The van der Waals surface area contributed by atoms with E-state index in [9.17, 15) is 8.42 Å². The third-order valence-electron chi connectivity index (χ3n) is 4.70. The van der Waals surface area contributed by atoms with Gasteiger partial charge in [-0.25, -0.2) is 13.1 Å². The molecule has 0 atom stereocenters. The third kappa shape index (κ3) is 5.14. The number of hydrogen-bond acceptors (Lipinski definition) is 6. The predicted molar refractivity (Wildman–Crippen MR) is 115 cm³/mol. The number of rotatable bonds is 8. The molecule has 2 aromatic carbocycles. The van der Waals surface area contributed by atoms with E-state index in [2.05, 4.69) is 14.9 Å². The second kappa shape index (κ2) is 9.23. The molecule has 3 aromatic rings. The summed E-state index contributed by atoms with van der Waals surface area (Å²) in [5.74, 6) is 0.637. The van der Waals surface area contributed by atoms with Crippen molar-refractivity contribution < 1.29 is 17.9 Å². The highest BCUT2D eigenvalue weighted by Gasteiger charge is 2.20. The average Bonchev–Trinajstić information content (AvgIpc) is 2.74. The summed E-state index contributed by atoms with van der Waals surface area (Å²) in [5.41, 5.74) is 4.71. The van der Waals surface area contributed by atoms with Crippen LogP contribution in [-0.2, 0) is 10.0 Å². The fourth-order valence-electron chi connectivity index (χ4n) is 2.82. The Morgan fingerprint density at radius 3 is 2.27 bits per heavy atom. The van der Waals surface area contributed by atoms with Crippen molar-refractivity contribution in [1.29, 1.82) is 0 Å². The van der Waals surface area contributed by atoms with Gasteiger partial charge >= 0.3 is 0 Å². The summed E-state index contributed by atoms with van der Waals surface area (Å²) in [6.45, 7) is 5.98. The second-order valence-corrected chi connectivity index (χ2v) is 8.69. The number of ether oxygens (including phenoxy) is 2. The number of benzene rings is 2. The van der Waals surface area contributed by atoms with Gasteiger partial charge in [0, 0.05) is 18.2 Å². The highest BCUT2D eigenvalue weighted by atomic mass is 32.2. The molecule has 1 heterocycles. The zero-order valence-electron chi connectivity index (χ0n) is 17.5. The molecule has 0 fully saturated rings. The van der Waals surface area contributed by atoms with Crippen LogP contribution in [0, 0.1) is 20.8 Å². The molecule has 0 spiro atoms. The molecule has 0 amide bonds. The fourth-order valence-corrected chi connectivity index (χ4v) is 4.06. The van der Waals surface area contributed by atoms with Gasteiger partial charge in [-0.15, -0.1) is 10.2 Å². The Balaban J connectivity index is 1.58. The van der Waals surface area contributed by atoms with Crippen molar-refractivity contribution in [2.24, 2.45) is 0 Å². The number of nitrogens with one attached hydrogen (secondary N) is 1. The number of sulfonamides is 1. The van der Waals surface area contributed by atoms with E-state index in [0.29, 0.717) is 11.6 Å². The standard InChI is InChI=1S/C22H25N3O4S/c1-15-5-7-18(8-6-15)19-9-10-22(25-24-19)29-12-11-23-30(26,27)21-14-17(3)16(2)13-20(21)28-4/h5-10,13-14,23H,11-12H2,1-4H3. The van der Waals surface area contributed by atoms with Crippen LogP contribution in [0.5, 0.6) is 11.6 Å². The van der Waals surface area contributed by atoms with Crippen LogP contribution in [0.2, 0.25) is 0 Å². The van der Waals surface area contributed by atoms with Crippen LogP contribution in [0.25, 0.3) is 11.3 Å². The minimum Gasteiger partial charge on any atom is -0.495 e. The van der Waals surface area contributed by atoms with Gasteiger partial charge in [-0.05, 0) is 50.1 Å².